The first-order chi connectivity index (χ1) is 7.17. The molecule has 0 radical (unpaired) electrons. The molecule has 1 rings (SSSR count). The first-order valence-electron chi connectivity index (χ1n) is 5.24. The lowest BCUT2D eigenvalue weighted by molar-refractivity contribution is -0.130. The van der Waals surface area contributed by atoms with Crippen LogP contribution in [-0.2, 0) is 11.2 Å². The molecule has 5 heteroatoms. The fourth-order valence-corrected chi connectivity index (χ4v) is 1.39. The Bertz CT molecular complexity index is 318. The predicted octanol–water partition coefficient (Wildman–Crippen LogP) is 1.18. The number of hydrogen-bond acceptors (Lipinski definition) is 4. The van der Waals surface area contributed by atoms with Gasteiger partial charge in [-0.05, 0) is 20.8 Å². The minimum absolute atomic E-state index is 0.135. The minimum atomic E-state index is 0.135. The van der Waals surface area contributed by atoms with Gasteiger partial charge in [-0.15, -0.1) is 0 Å². The van der Waals surface area contributed by atoms with Crippen molar-refractivity contribution < 1.29 is 9.32 Å². The summed E-state index contributed by atoms with van der Waals surface area (Å²) in [5.41, 5.74) is 0. The zero-order valence-electron chi connectivity index (χ0n) is 9.49. The van der Waals surface area contributed by atoms with Crippen LogP contribution >= 0.6 is 0 Å². The monoisotopic (exact) mass is 211 g/mol. The highest BCUT2D eigenvalue weighted by Gasteiger charge is 2.11. The Balaban J connectivity index is 2.40. The molecule has 0 bridgehead atoms. The highest BCUT2D eigenvalue weighted by molar-refractivity contribution is 5.76. The van der Waals surface area contributed by atoms with Crippen molar-refractivity contribution >= 4 is 5.91 Å². The van der Waals surface area contributed by atoms with Crippen LogP contribution in [-0.4, -0.2) is 34.0 Å². The normalized spacial score (nSPS) is 10.3. The van der Waals surface area contributed by atoms with E-state index in [0.717, 1.165) is 13.1 Å². The molecular weight excluding hydrogens is 194 g/mol. The van der Waals surface area contributed by atoms with Gasteiger partial charge in [0.05, 0.1) is 0 Å². The summed E-state index contributed by atoms with van der Waals surface area (Å²) in [7, 11) is 0. The van der Waals surface area contributed by atoms with Crippen LogP contribution in [0.2, 0.25) is 0 Å². The van der Waals surface area contributed by atoms with E-state index in [-0.39, 0.29) is 5.91 Å². The fraction of sp³-hybridized carbons (Fsp3) is 0.700. The molecule has 1 amide bonds. The first kappa shape index (κ1) is 11.7. The third-order valence-corrected chi connectivity index (χ3v) is 2.24. The number of aromatic nitrogens is 2. The third kappa shape index (κ3) is 3.34. The molecule has 84 valence electrons. The molecule has 0 aliphatic heterocycles. The molecule has 0 unspecified atom stereocenters. The van der Waals surface area contributed by atoms with Crippen molar-refractivity contribution in [3.8, 4) is 0 Å². The second-order valence-electron chi connectivity index (χ2n) is 3.30. The lowest BCUT2D eigenvalue weighted by Crippen LogP contribution is -2.30. The Kier molecular flexibility index (Phi) is 4.27. The van der Waals surface area contributed by atoms with E-state index in [2.05, 4.69) is 10.1 Å². The molecule has 0 atom stereocenters. The van der Waals surface area contributed by atoms with Crippen molar-refractivity contribution in [3.05, 3.63) is 11.7 Å². The van der Waals surface area contributed by atoms with E-state index in [0.29, 0.717) is 24.6 Å². The molecule has 0 aliphatic rings. The van der Waals surface area contributed by atoms with E-state index in [1.54, 1.807) is 11.8 Å². The fourth-order valence-electron chi connectivity index (χ4n) is 1.39. The van der Waals surface area contributed by atoms with E-state index in [1.165, 1.54) is 0 Å². The molecule has 1 aromatic heterocycles. The van der Waals surface area contributed by atoms with Crippen LogP contribution in [0.5, 0.6) is 0 Å². The van der Waals surface area contributed by atoms with Gasteiger partial charge in [0.2, 0.25) is 11.8 Å². The molecule has 0 aliphatic carbocycles. The Morgan fingerprint density at radius 2 is 2.07 bits per heavy atom. The molecule has 1 heterocycles. The van der Waals surface area contributed by atoms with Gasteiger partial charge in [0.25, 0.3) is 0 Å². The van der Waals surface area contributed by atoms with Crippen LogP contribution in [0.4, 0.5) is 0 Å². The van der Waals surface area contributed by atoms with Gasteiger partial charge >= 0.3 is 0 Å². The summed E-state index contributed by atoms with van der Waals surface area (Å²) in [6.07, 6.45) is 0.958. The molecule has 0 saturated heterocycles. The molecule has 5 nitrogen and oxygen atoms in total. The molecule has 0 fully saturated rings. The van der Waals surface area contributed by atoms with E-state index in [1.807, 2.05) is 13.8 Å². The van der Waals surface area contributed by atoms with Gasteiger partial charge in [-0.3, -0.25) is 4.79 Å². The molecular formula is C10H17N3O2. The van der Waals surface area contributed by atoms with Gasteiger partial charge in [0, 0.05) is 25.9 Å². The summed E-state index contributed by atoms with van der Waals surface area (Å²) < 4.78 is 4.93. The summed E-state index contributed by atoms with van der Waals surface area (Å²) >= 11 is 0. The maximum Gasteiger partial charge on any atom is 0.227 e. The van der Waals surface area contributed by atoms with Crippen molar-refractivity contribution in [2.24, 2.45) is 0 Å². The maximum absolute atomic E-state index is 11.6. The summed E-state index contributed by atoms with van der Waals surface area (Å²) in [6.45, 7) is 7.20. The molecule has 1 aromatic rings. The lowest BCUT2D eigenvalue weighted by atomic mass is 10.2. The Hall–Kier alpha value is -1.39. The summed E-state index contributed by atoms with van der Waals surface area (Å²) in [5.74, 6) is 1.28. The number of hydrogen-bond donors (Lipinski definition) is 0. The van der Waals surface area contributed by atoms with Crippen molar-refractivity contribution in [1.82, 2.24) is 15.0 Å². The average molecular weight is 211 g/mol. The van der Waals surface area contributed by atoms with Gasteiger partial charge < -0.3 is 9.42 Å². The Labute approximate surface area is 89.5 Å². The van der Waals surface area contributed by atoms with E-state index < -0.39 is 0 Å². The molecule has 0 N–H and O–H groups in total. The van der Waals surface area contributed by atoms with E-state index in [4.69, 9.17) is 4.52 Å². The van der Waals surface area contributed by atoms with Crippen LogP contribution in [0.3, 0.4) is 0 Å². The zero-order chi connectivity index (χ0) is 11.3. The molecule has 0 saturated carbocycles. The minimum Gasteiger partial charge on any atom is -0.343 e. The summed E-state index contributed by atoms with van der Waals surface area (Å²) in [4.78, 5) is 17.5. The zero-order valence-corrected chi connectivity index (χ0v) is 9.49. The van der Waals surface area contributed by atoms with Gasteiger partial charge in [0.1, 0.15) is 0 Å². The lowest BCUT2D eigenvalue weighted by Gasteiger charge is -2.17. The average Bonchev–Trinajstić information content (AvgIpc) is 2.63. The van der Waals surface area contributed by atoms with Gasteiger partial charge in [-0.1, -0.05) is 5.16 Å². The third-order valence-electron chi connectivity index (χ3n) is 2.24. The Morgan fingerprint density at radius 1 is 1.40 bits per heavy atom. The van der Waals surface area contributed by atoms with Crippen LogP contribution < -0.4 is 0 Å². The number of amides is 1. The van der Waals surface area contributed by atoms with Gasteiger partial charge in [-0.2, -0.15) is 4.98 Å². The van der Waals surface area contributed by atoms with Gasteiger partial charge in [0.15, 0.2) is 5.82 Å². The van der Waals surface area contributed by atoms with Crippen LogP contribution in [0.15, 0.2) is 4.52 Å². The van der Waals surface area contributed by atoms with Crippen LogP contribution in [0, 0.1) is 6.92 Å². The number of aryl methyl sites for hydroxylation is 2. The van der Waals surface area contributed by atoms with Crippen molar-refractivity contribution in [3.63, 3.8) is 0 Å². The number of nitrogens with zero attached hydrogens (tertiary/aromatic N) is 3. The number of carbonyl (C=O) groups is 1. The molecule has 0 spiro atoms. The summed E-state index contributed by atoms with van der Waals surface area (Å²) in [6, 6.07) is 0. The number of carbonyl (C=O) groups excluding carboxylic acids is 1. The van der Waals surface area contributed by atoms with Crippen molar-refractivity contribution in [2.75, 3.05) is 13.1 Å². The standard InChI is InChI=1S/C10H17N3O2/c1-4-13(5-2)10(14)7-6-9-11-8(3)12-15-9/h4-7H2,1-3H3. The topological polar surface area (TPSA) is 59.2 Å². The maximum atomic E-state index is 11.6. The Morgan fingerprint density at radius 3 is 2.53 bits per heavy atom. The highest BCUT2D eigenvalue weighted by Crippen LogP contribution is 2.02. The van der Waals surface area contributed by atoms with Crippen LogP contribution in [0.1, 0.15) is 32.0 Å². The quantitative estimate of drug-likeness (QED) is 0.733. The van der Waals surface area contributed by atoms with E-state index >= 15 is 0 Å². The molecule has 15 heavy (non-hydrogen) atoms. The second-order valence-corrected chi connectivity index (χ2v) is 3.30. The van der Waals surface area contributed by atoms with E-state index in [9.17, 15) is 4.79 Å². The second kappa shape index (κ2) is 5.48. The summed E-state index contributed by atoms with van der Waals surface area (Å²) in [5, 5.41) is 3.67. The van der Waals surface area contributed by atoms with Crippen LogP contribution in [0.25, 0.3) is 0 Å². The van der Waals surface area contributed by atoms with Crippen molar-refractivity contribution in [2.45, 2.75) is 33.6 Å². The van der Waals surface area contributed by atoms with Gasteiger partial charge in [-0.25, -0.2) is 0 Å². The highest BCUT2D eigenvalue weighted by atomic mass is 16.5. The SMILES string of the molecule is CCN(CC)C(=O)CCc1nc(C)no1. The smallest absolute Gasteiger partial charge is 0.227 e. The largest absolute Gasteiger partial charge is 0.343 e. The molecule has 0 aromatic carbocycles. The van der Waals surface area contributed by atoms with Crippen molar-refractivity contribution in [1.29, 1.82) is 0 Å². The first-order valence-corrected chi connectivity index (χ1v) is 5.24. The predicted molar refractivity (Wildman–Crippen MR) is 55.3 cm³/mol. The number of rotatable bonds is 5.